The van der Waals surface area contributed by atoms with Crippen molar-refractivity contribution in [3.05, 3.63) is 94.5 Å². The van der Waals surface area contributed by atoms with Crippen molar-refractivity contribution >= 4 is 17.6 Å². The van der Waals surface area contributed by atoms with Crippen LogP contribution in [-0.4, -0.2) is 23.5 Å². The summed E-state index contributed by atoms with van der Waals surface area (Å²) < 4.78 is 5.70. The molecule has 3 aromatic carbocycles. The van der Waals surface area contributed by atoms with Gasteiger partial charge < -0.3 is 20.5 Å². The number of hydrogen-bond donors (Lipinski definition) is 2. The summed E-state index contributed by atoms with van der Waals surface area (Å²) in [6.45, 7) is 7.20. The van der Waals surface area contributed by atoms with E-state index in [-0.39, 0.29) is 17.8 Å². The van der Waals surface area contributed by atoms with Gasteiger partial charge in [-0.3, -0.25) is 4.79 Å². The molecule has 0 spiro atoms. The number of phenolic OH excluding ortho intramolecular Hbond substituents is 1. The van der Waals surface area contributed by atoms with Gasteiger partial charge in [0.2, 0.25) is 5.91 Å². The standard InChI is InChI=1S/C29H32N2O4/c1-29(2,3)22-13-9-19(10-14-22)18-35-28(34)24-8-4-6-20-7-5-17-31(25(20)24)26(27(30)33)21-11-15-23(32)16-12-21/h4,6,8-16,26,32H,5,7,17-18H2,1-3H3,(H2,30,33). The number of amides is 1. The number of fused-ring (bicyclic) bond motifs is 1. The lowest BCUT2D eigenvalue weighted by molar-refractivity contribution is -0.119. The second kappa shape index (κ2) is 9.82. The van der Waals surface area contributed by atoms with E-state index in [1.54, 1.807) is 18.2 Å². The molecule has 6 nitrogen and oxygen atoms in total. The fourth-order valence-corrected chi connectivity index (χ4v) is 4.59. The van der Waals surface area contributed by atoms with Crippen molar-refractivity contribution in [2.45, 2.75) is 51.7 Å². The van der Waals surface area contributed by atoms with Crippen molar-refractivity contribution in [2.75, 3.05) is 11.4 Å². The third kappa shape index (κ3) is 5.32. The van der Waals surface area contributed by atoms with E-state index in [9.17, 15) is 14.7 Å². The van der Waals surface area contributed by atoms with Crippen molar-refractivity contribution in [3.63, 3.8) is 0 Å². The molecule has 0 fully saturated rings. The third-order valence-electron chi connectivity index (χ3n) is 6.45. The summed E-state index contributed by atoms with van der Waals surface area (Å²) in [5.74, 6) is -0.857. The molecule has 1 unspecified atom stereocenters. The lowest BCUT2D eigenvalue weighted by Crippen LogP contribution is -2.41. The minimum absolute atomic E-state index is 0.0518. The number of nitrogens with zero attached hydrogens (tertiary/aromatic N) is 1. The fourth-order valence-electron chi connectivity index (χ4n) is 4.59. The van der Waals surface area contributed by atoms with E-state index >= 15 is 0 Å². The predicted octanol–water partition coefficient (Wildman–Crippen LogP) is 5.03. The number of aryl methyl sites for hydroxylation is 1. The van der Waals surface area contributed by atoms with Gasteiger partial charge in [-0.1, -0.05) is 69.3 Å². The SMILES string of the molecule is CC(C)(C)c1ccc(COC(=O)c2cccc3c2N(C(C(N)=O)c2ccc(O)cc2)CCC3)cc1. The van der Waals surface area contributed by atoms with Crippen LogP contribution in [0.3, 0.4) is 0 Å². The molecule has 1 aliphatic rings. The lowest BCUT2D eigenvalue weighted by Gasteiger charge is -2.37. The molecule has 4 rings (SSSR count). The molecule has 0 saturated carbocycles. The van der Waals surface area contributed by atoms with Gasteiger partial charge in [0.05, 0.1) is 11.3 Å². The maximum absolute atomic E-state index is 13.2. The van der Waals surface area contributed by atoms with Gasteiger partial charge in [-0.2, -0.15) is 0 Å². The first kappa shape index (κ1) is 24.3. The molecule has 0 saturated heterocycles. The molecule has 1 atom stereocenters. The molecule has 1 aliphatic heterocycles. The second-order valence-corrected chi connectivity index (χ2v) is 10.0. The first-order valence-electron chi connectivity index (χ1n) is 11.9. The highest BCUT2D eigenvalue weighted by molar-refractivity contribution is 5.98. The predicted molar refractivity (Wildman–Crippen MR) is 136 cm³/mol. The number of phenols is 1. The largest absolute Gasteiger partial charge is 0.508 e. The summed E-state index contributed by atoms with van der Waals surface area (Å²) in [5, 5.41) is 9.68. The van der Waals surface area contributed by atoms with Crippen LogP contribution in [0.1, 0.15) is 65.8 Å². The Hall–Kier alpha value is -3.80. The van der Waals surface area contributed by atoms with Crippen molar-refractivity contribution in [1.82, 2.24) is 0 Å². The zero-order valence-corrected chi connectivity index (χ0v) is 20.5. The molecule has 0 bridgehead atoms. The number of primary amides is 1. The molecule has 1 amide bonds. The number of anilines is 1. The Morgan fingerprint density at radius 2 is 1.71 bits per heavy atom. The number of carbonyl (C=O) groups is 2. The normalized spacial score (nSPS) is 14.2. The molecule has 182 valence electrons. The van der Waals surface area contributed by atoms with Crippen molar-refractivity contribution in [2.24, 2.45) is 5.73 Å². The van der Waals surface area contributed by atoms with Crippen LogP contribution in [0.5, 0.6) is 5.75 Å². The average Bonchev–Trinajstić information content (AvgIpc) is 2.83. The molecule has 35 heavy (non-hydrogen) atoms. The summed E-state index contributed by atoms with van der Waals surface area (Å²) >= 11 is 0. The number of para-hydroxylation sites is 1. The van der Waals surface area contributed by atoms with Crippen molar-refractivity contribution < 1.29 is 19.4 Å². The lowest BCUT2D eigenvalue weighted by atomic mass is 9.87. The number of aromatic hydroxyl groups is 1. The first-order chi connectivity index (χ1) is 16.6. The van der Waals surface area contributed by atoms with Gasteiger partial charge in [0, 0.05) is 6.54 Å². The van der Waals surface area contributed by atoms with Crippen LogP contribution in [0.25, 0.3) is 0 Å². The maximum Gasteiger partial charge on any atom is 0.340 e. The Morgan fingerprint density at radius 1 is 1.03 bits per heavy atom. The van der Waals surface area contributed by atoms with Crippen LogP contribution in [0.15, 0.2) is 66.7 Å². The molecule has 1 heterocycles. The molecule has 3 N–H and O–H groups in total. The van der Waals surface area contributed by atoms with Crippen LogP contribution in [0.2, 0.25) is 0 Å². The highest BCUT2D eigenvalue weighted by Gasteiger charge is 2.33. The Balaban J connectivity index is 1.61. The number of ether oxygens (including phenoxy) is 1. The van der Waals surface area contributed by atoms with Gasteiger partial charge in [0.1, 0.15) is 18.4 Å². The van der Waals surface area contributed by atoms with Crippen molar-refractivity contribution in [3.8, 4) is 5.75 Å². The number of rotatable bonds is 6. The van der Waals surface area contributed by atoms with Gasteiger partial charge in [-0.05, 0) is 58.7 Å². The molecule has 0 aliphatic carbocycles. The highest BCUT2D eigenvalue weighted by Crippen LogP contribution is 2.37. The van der Waals surface area contributed by atoms with Crippen LogP contribution < -0.4 is 10.6 Å². The van der Waals surface area contributed by atoms with E-state index in [0.29, 0.717) is 23.4 Å². The molecule has 6 heteroatoms. The third-order valence-corrected chi connectivity index (χ3v) is 6.45. The van der Waals surface area contributed by atoms with Crippen LogP contribution in [0, 0.1) is 0 Å². The van der Waals surface area contributed by atoms with E-state index in [2.05, 4.69) is 32.9 Å². The number of esters is 1. The Bertz CT molecular complexity index is 1210. The summed E-state index contributed by atoms with van der Waals surface area (Å²) in [6, 6.07) is 19.3. The number of nitrogens with two attached hydrogens (primary N) is 1. The zero-order chi connectivity index (χ0) is 25.2. The van der Waals surface area contributed by atoms with E-state index in [0.717, 1.165) is 24.0 Å². The van der Waals surface area contributed by atoms with E-state index in [1.165, 1.54) is 17.7 Å². The maximum atomic E-state index is 13.2. The van der Waals surface area contributed by atoms with Gasteiger partial charge in [-0.25, -0.2) is 4.79 Å². The average molecular weight is 473 g/mol. The number of carbonyl (C=O) groups excluding carboxylic acids is 2. The summed E-state index contributed by atoms with van der Waals surface area (Å²) in [4.78, 5) is 27.7. The van der Waals surface area contributed by atoms with Crippen LogP contribution in [-0.2, 0) is 28.0 Å². The van der Waals surface area contributed by atoms with E-state index in [4.69, 9.17) is 10.5 Å². The molecule has 3 aromatic rings. The summed E-state index contributed by atoms with van der Waals surface area (Å²) in [5.41, 5.74) is 10.7. The second-order valence-electron chi connectivity index (χ2n) is 10.0. The summed E-state index contributed by atoms with van der Waals surface area (Å²) in [7, 11) is 0. The smallest absolute Gasteiger partial charge is 0.340 e. The zero-order valence-electron chi connectivity index (χ0n) is 20.5. The highest BCUT2D eigenvalue weighted by atomic mass is 16.5. The van der Waals surface area contributed by atoms with Gasteiger partial charge in [0.15, 0.2) is 0 Å². The van der Waals surface area contributed by atoms with E-state index in [1.807, 2.05) is 29.2 Å². The molecular weight excluding hydrogens is 440 g/mol. The number of hydrogen-bond acceptors (Lipinski definition) is 5. The molecule has 0 radical (unpaired) electrons. The van der Waals surface area contributed by atoms with Gasteiger partial charge >= 0.3 is 5.97 Å². The fraction of sp³-hybridized carbons (Fsp3) is 0.310. The van der Waals surface area contributed by atoms with Crippen LogP contribution >= 0.6 is 0 Å². The monoisotopic (exact) mass is 472 g/mol. The number of benzene rings is 3. The minimum atomic E-state index is -0.770. The molecular formula is C29H32N2O4. The Labute approximate surface area is 206 Å². The first-order valence-corrected chi connectivity index (χ1v) is 11.9. The van der Waals surface area contributed by atoms with E-state index < -0.39 is 17.9 Å². The van der Waals surface area contributed by atoms with Gasteiger partial charge in [-0.15, -0.1) is 0 Å². The van der Waals surface area contributed by atoms with Crippen LogP contribution in [0.4, 0.5) is 5.69 Å². The topological polar surface area (TPSA) is 92.9 Å². The minimum Gasteiger partial charge on any atom is -0.508 e. The Morgan fingerprint density at radius 3 is 2.34 bits per heavy atom. The summed E-state index contributed by atoms with van der Waals surface area (Å²) in [6.07, 6.45) is 1.62. The molecule has 0 aromatic heterocycles. The Kier molecular flexibility index (Phi) is 6.83. The quantitative estimate of drug-likeness (QED) is 0.491. The van der Waals surface area contributed by atoms with Crippen molar-refractivity contribution in [1.29, 1.82) is 0 Å². The van der Waals surface area contributed by atoms with Gasteiger partial charge in [0.25, 0.3) is 0 Å².